The standard InChI is InChI=1S/C16H23BN4O3/c1-3-9-24-21-15-10-14(11-19(12-15)16(21)22)20-8-6-13(18-20)5-4-7-17(2)23/h3,6,8,10,15,23H,1,4-5,7,9,11-12H2,2H3. The van der Waals surface area contributed by atoms with Crippen LogP contribution in [0.5, 0.6) is 0 Å². The summed E-state index contributed by atoms with van der Waals surface area (Å²) in [5, 5.41) is 15.3. The number of fused-ring (bicyclic) bond motifs is 2. The molecule has 128 valence electrons. The van der Waals surface area contributed by atoms with Crippen LogP contribution in [0.2, 0.25) is 13.1 Å². The number of aryl methyl sites for hydroxylation is 1. The van der Waals surface area contributed by atoms with Gasteiger partial charge in [-0.1, -0.05) is 19.3 Å². The van der Waals surface area contributed by atoms with E-state index < -0.39 is 0 Å². The number of aromatic nitrogens is 2. The fourth-order valence-corrected chi connectivity index (χ4v) is 3.05. The molecule has 2 aliphatic rings. The highest BCUT2D eigenvalue weighted by molar-refractivity contribution is 6.48. The first-order valence-corrected chi connectivity index (χ1v) is 8.34. The Morgan fingerprint density at radius 2 is 2.42 bits per heavy atom. The first-order valence-electron chi connectivity index (χ1n) is 8.34. The van der Waals surface area contributed by atoms with Crippen LogP contribution < -0.4 is 0 Å². The Bertz CT molecular complexity index is 643. The van der Waals surface area contributed by atoms with Gasteiger partial charge in [-0.05, 0) is 24.9 Å². The van der Waals surface area contributed by atoms with E-state index in [1.807, 2.05) is 23.0 Å². The lowest BCUT2D eigenvalue weighted by atomic mass is 9.67. The summed E-state index contributed by atoms with van der Waals surface area (Å²) >= 11 is 0. The predicted molar refractivity (Wildman–Crippen MR) is 92.2 cm³/mol. The summed E-state index contributed by atoms with van der Waals surface area (Å²) in [6, 6.07) is 1.78. The number of amides is 2. The van der Waals surface area contributed by atoms with Gasteiger partial charge in [0.2, 0.25) is 0 Å². The topological polar surface area (TPSA) is 70.8 Å². The zero-order valence-corrected chi connectivity index (χ0v) is 14.0. The number of hydrogen-bond donors (Lipinski definition) is 1. The molecule has 1 saturated heterocycles. The summed E-state index contributed by atoms with van der Waals surface area (Å²) in [5.74, 6) is 0. The maximum atomic E-state index is 12.3. The fraction of sp³-hybridized carbons (Fsp3) is 0.500. The van der Waals surface area contributed by atoms with Crippen molar-refractivity contribution in [3.8, 4) is 0 Å². The van der Waals surface area contributed by atoms with E-state index in [9.17, 15) is 9.82 Å². The van der Waals surface area contributed by atoms with Crippen LogP contribution in [0.1, 0.15) is 12.1 Å². The lowest BCUT2D eigenvalue weighted by Gasteiger charge is -2.21. The van der Waals surface area contributed by atoms with Crippen molar-refractivity contribution >= 4 is 18.6 Å². The van der Waals surface area contributed by atoms with Crippen LogP contribution >= 0.6 is 0 Å². The van der Waals surface area contributed by atoms with E-state index in [0.29, 0.717) is 19.7 Å². The van der Waals surface area contributed by atoms with Gasteiger partial charge in [0.05, 0.1) is 30.6 Å². The molecule has 1 aromatic rings. The van der Waals surface area contributed by atoms with E-state index in [1.165, 1.54) is 5.06 Å². The molecule has 2 amide bonds. The zero-order valence-electron chi connectivity index (χ0n) is 14.0. The third-order valence-electron chi connectivity index (χ3n) is 4.23. The number of urea groups is 1. The summed E-state index contributed by atoms with van der Waals surface area (Å²) in [4.78, 5) is 19.5. The largest absolute Gasteiger partial charge is 0.451 e. The van der Waals surface area contributed by atoms with Crippen molar-refractivity contribution in [2.45, 2.75) is 32.0 Å². The summed E-state index contributed by atoms with van der Waals surface area (Å²) in [6.45, 7) is 6.62. The molecule has 8 heteroatoms. The maximum absolute atomic E-state index is 12.3. The average Bonchev–Trinajstić information content (AvgIpc) is 3.10. The van der Waals surface area contributed by atoms with Gasteiger partial charge >= 0.3 is 6.03 Å². The predicted octanol–water partition coefficient (Wildman–Crippen LogP) is 1.51. The van der Waals surface area contributed by atoms with Crippen molar-refractivity contribution in [3.63, 3.8) is 0 Å². The Labute approximate surface area is 142 Å². The number of hydroxylamine groups is 2. The Balaban J connectivity index is 1.66. The Kier molecular flexibility index (Phi) is 5.06. The van der Waals surface area contributed by atoms with Crippen LogP contribution in [0.15, 0.2) is 31.0 Å². The molecule has 0 radical (unpaired) electrons. The lowest BCUT2D eigenvalue weighted by molar-refractivity contribution is -0.107. The number of carbonyl (C=O) groups excluding carboxylic acids is 1. The smallest absolute Gasteiger partial charge is 0.345 e. The second-order valence-electron chi connectivity index (χ2n) is 6.29. The van der Waals surface area contributed by atoms with Crippen molar-refractivity contribution in [2.24, 2.45) is 0 Å². The number of nitrogens with zero attached hydrogens (tertiary/aromatic N) is 4. The number of hydrogen-bond acceptors (Lipinski definition) is 4. The molecule has 2 bridgehead atoms. The molecule has 24 heavy (non-hydrogen) atoms. The van der Waals surface area contributed by atoms with E-state index >= 15 is 0 Å². The van der Waals surface area contributed by atoms with Gasteiger partial charge in [-0.25, -0.2) is 9.48 Å². The van der Waals surface area contributed by atoms with Crippen molar-refractivity contribution in [3.05, 3.63) is 36.7 Å². The minimum atomic E-state index is -0.274. The second kappa shape index (κ2) is 7.23. The van der Waals surface area contributed by atoms with Crippen LogP contribution in [-0.2, 0) is 11.3 Å². The molecule has 1 fully saturated rings. The van der Waals surface area contributed by atoms with Gasteiger partial charge in [0.1, 0.15) is 0 Å². The van der Waals surface area contributed by atoms with Crippen LogP contribution in [0.25, 0.3) is 5.70 Å². The zero-order chi connectivity index (χ0) is 17.1. The van der Waals surface area contributed by atoms with Gasteiger partial charge < -0.3 is 9.92 Å². The Morgan fingerprint density at radius 1 is 1.58 bits per heavy atom. The maximum Gasteiger partial charge on any atom is 0.345 e. The number of carbonyl (C=O) groups is 1. The van der Waals surface area contributed by atoms with Crippen LogP contribution in [0.4, 0.5) is 4.79 Å². The first-order chi connectivity index (χ1) is 11.6. The first kappa shape index (κ1) is 16.8. The fourth-order valence-electron chi connectivity index (χ4n) is 3.05. The molecule has 0 aliphatic carbocycles. The highest BCUT2D eigenvalue weighted by Gasteiger charge is 2.41. The number of rotatable bonds is 8. The normalized spacial score (nSPS) is 19.7. The molecular weight excluding hydrogens is 307 g/mol. The molecule has 3 heterocycles. The molecule has 7 nitrogen and oxygen atoms in total. The minimum Gasteiger partial charge on any atom is -0.451 e. The van der Waals surface area contributed by atoms with E-state index in [0.717, 1.165) is 30.6 Å². The molecule has 1 atom stereocenters. The lowest BCUT2D eigenvalue weighted by Crippen LogP contribution is -2.33. The molecule has 2 aliphatic heterocycles. The molecule has 3 rings (SSSR count). The summed E-state index contributed by atoms with van der Waals surface area (Å²) < 4.78 is 1.83. The molecule has 0 saturated carbocycles. The Hall–Kier alpha value is -2.06. The van der Waals surface area contributed by atoms with Crippen molar-refractivity contribution in [1.82, 2.24) is 19.7 Å². The molecule has 1 aromatic heterocycles. The third-order valence-corrected chi connectivity index (χ3v) is 4.23. The SMILES string of the molecule is C=CCON1C(=O)N2CC(n3ccc(CCCB(C)O)n3)=CC1C2. The molecular formula is C16H23BN4O3. The van der Waals surface area contributed by atoms with E-state index in [2.05, 4.69) is 11.7 Å². The van der Waals surface area contributed by atoms with Gasteiger partial charge in [-0.2, -0.15) is 10.2 Å². The molecule has 1 unspecified atom stereocenters. The highest BCUT2D eigenvalue weighted by atomic mass is 16.7. The van der Waals surface area contributed by atoms with Gasteiger partial charge in [-0.3, -0.25) is 4.84 Å². The van der Waals surface area contributed by atoms with Crippen molar-refractivity contribution < 1.29 is 14.7 Å². The van der Waals surface area contributed by atoms with E-state index in [1.54, 1.807) is 17.8 Å². The quantitative estimate of drug-likeness (QED) is 0.579. The van der Waals surface area contributed by atoms with Crippen molar-refractivity contribution in [1.29, 1.82) is 0 Å². The molecule has 0 aromatic carbocycles. The van der Waals surface area contributed by atoms with E-state index in [-0.39, 0.29) is 19.0 Å². The summed E-state index contributed by atoms with van der Waals surface area (Å²) in [6.07, 6.45) is 8.11. The highest BCUT2D eigenvalue weighted by Crippen LogP contribution is 2.26. The van der Waals surface area contributed by atoms with Gasteiger partial charge in [0, 0.05) is 12.7 Å². The summed E-state index contributed by atoms with van der Waals surface area (Å²) in [5.41, 5.74) is 1.97. The van der Waals surface area contributed by atoms with Crippen LogP contribution in [-0.4, -0.2) is 63.5 Å². The monoisotopic (exact) mass is 330 g/mol. The van der Waals surface area contributed by atoms with Crippen LogP contribution in [0.3, 0.4) is 0 Å². The third kappa shape index (κ3) is 3.54. The average molecular weight is 330 g/mol. The van der Waals surface area contributed by atoms with Crippen LogP contribution in [0, 0.1) is 0 Å². The molecule has 0 spiro atoms. The van der Waals surface area contributed by atoms with Gasteiger partial charge in [0.25, 0.3) is 6.92 Å². The second-order valence-corrected chi connectivity index (χ2v) is 6.29. The summed E-state index contributed by atoms with van der Waals surface area (Å²) in [7, 11) is 0. The molecule has 1 N–H and O–H groups in total. The van der Waals surface area contributed by atoms with Gasteiger partial charge in [0.15, 0.2) is 0 Å². The van der Waals surface area contributed by atoms with E-state index in [4.69, 9.17) is 4.84 Å². The minimum absolute atomic E-state index is 0.0934. The Morgan fingerprint density at radius 3 is 3.17 bits per heavy atom. The van der Waals surface area contributed by atoms with Gasteiger partial charge in [-0.15, -0.1) is 6.58 Å². The van der Waals surface area contributed by atoms with Crippen molar-refractivity contribution in [2.75, 3.05) is 19.7 Å².